The lowest BCUT2D eigenvalue weighted by Crippen LogP contribution is -2.48. The summed E-state index contributed by atoms with van der Waals surface area (Å²) in [4.78, 5) is 22.0. The van der Waals surface area contributed by atoms with Crippen molar-refractivity contribution < 1.29 is 14.8 Å². The molecule has 1 unspecified atom stereocenters. The Balaban J connectivity index is 2.79. The summed E-state index contributed by atoms with van der Waals surface area (Å²) in [5, 5.41) is 22.2. The Morgan fingerprint density at radius 1 is 1.65 bits per heavy atom. The minimum absolute atomic E-state index is 0.0719. The number of hydrogen-bond donors (Lipinski definition) is 2. The van der Waals surface area contributed by atoms with E-state index in [4.69, 9.17) is 5.11 Å². The monoisotopic (exact) mass is 258 g/mol. The van der Waals surface area contributed by atoms with E-state index in [-0.39, 0.29) is 16.5 Å². The fourth-order valence-electron chi connectivity index (χ4n) is 1.12. The quantitative estimate of drug-likeness (QED) is 0.619. The predicted molar refractivity (Wildman–Crippen MR) is 64.2 cm³/mol. The van der Waals surface area contributed by atoms with Crippen molar-refractivity contribution in [3.05, 3.63) is 27.1 Å². The molecule has 1 amide bonds. The van der Waals surface area contributed by atoms with Gasteiger partial charge in [-0.3, -0.25) is 14.9 Å². The van der Waals surface area contributed by atoms with E-state index in [0.717, 1.165) is 11.3 Å². The Labute approximate surface area is 102 Å². The van der Waals surface area contributed by atoms with Gasteiger partial charge in [-0.15, -0.1) is 0 Å². The van der Waals surface area contributed by atoms with Gasteiger partial charge in [-0.05, 0) is 19.4 Å². The van der Waals surface area contributed by atoms with Gasteiger partial charge in [-0.2, -0.15) is 0 Å². The van der Waals surface area contributed by atoms with Gasteiger partial charge < -0.3 is 10.4 Å². The third-order valence-corrected chi connectivity index (χ3v) is 3.58. The average Bonchev–Trinajstić information content (AvgIpc) is 2.78. The Morgan fingerprint density at radius 3 is 2.71 bits per heavy atom. The van der Waals surface area contributed by atoms with Crippen LogP contribution in [0.1, 0.15) is 29.9 Å². The summed E-state index contributed by atoms with van der Waals surface area (Å²) in [6, 6.07) is 2.70. The van der Waals surface area contributed by atoms with Crippen molar-refractivity contribution in [3.63, 3.8) is 0 Å². The highest BCUT2D eigenvalue weighted by Crippen LogP contribution is 2.24. The van der Waals surface area contributed by atoms with Gasteiger partial charge in [-0.1, -0.05) is 18.3 Å². The molecular weight excluding hydrogens is 244 g/mol. The predicted octanol–water partition coefficient (Wildman–Crippen LogP) is 1.55. The minimum atomic E-state index is -0.699. The third-order valence-electron chi connectivity index (χ3n) is 2.54. The van der Waals surface area contributed by atoms with Crippen LogP contribution in [-0.2, 0) is 0 Å². The second kappa shape index (κ2) is 5.24. The zero-order valence-electron chi connectivity index (χ0n) is 9.60. The maximum Gasteiger partial charge on any atom is 0.324 e. The summed E-state index contributed by atoms with van der Waals surface area (Å²) in [6.07, 6.45) is 0.572. The zero-order valence-corrected chi connectivity index (χ0v) is 10.4. The SMILES string of the molecule is CCC(C)(CO)NC(=O)c1ccc([N+](=O)[O-])s1. The van der Waals surface area contributed by atoms with Crippen LogP contribution in [0.15, 0.2) is 12.1 Å². The first kappa shape index (κ1) is 13.6. The Kier molecular flexibility index (Phi) is 4.19. The van der Waals surface area contributed by atoms with Crippen LogP contribution in [0.3, 0.4) is 0 Å². The number of nitrogens with zero attached hydrogens (tertiary/aromatic N) is 1. The van der Waals surface area contributed by atoms with Crippen LogP contribution >= 0.6 is 11.3 Å². The molecule has 0 saturated heterocycles. The van der Waals surface area contributed by atoms with E-state index >= 15 is 0 Å². The average molecular weight is 258 g/mol. The molecule has 0 aromatic carbocycles. The van der Waals surface area contributed by atoms with Gasteiger partial charge in [0.05, 0.1) is 21.9 Å². The smallest absolute Gasteiger partial charge is 0.324 e. The molecule has 0 bridgehead atoms. The number of nitro groups is 1. The van der Waals surface area contributed by atoms with E-state index in [9.17, 15) is 14.9 Å². The summed E-state index contributed by atoms with van der Waals surface area (Å²) in [5.41, 5.74) is -0.699. The van der Waals surface area contributed by atoms with E-state index in [1.807, 2.05) is 6.92 Å². The van der Waals surface area contributed by atoms with E-state index < -0.39 is 16.4 Å². The van der Waals surface area contributed by atoms with Crippen LogP contribution in [0.4, 0.5) is 5.00 Å². The van der Waals surface area contributed by atoms with Crippen LogP contribution in [-0.4, -0.2) is 28.1 Å². The van der Waals surface area contributed by atoms with Crippen molar-refractivity contribution in [3.8, 4) is 0 Å². The van der Waals surface area contributed by atoms with Gasteiger partial charge in [-0.25, -0.2) is 0 Å². The zero-order chi connectivity index (χ0) is 13.1. The van der Waals surface area contributed by atoms with Gasteiger partial charge in [0.1, 0.15) is 0 Å². The van der Waals surface area contributed by atoms with Gasteiger partial charge in [0.15, 0.2) is 0 Å². The second-order valence-electron chi connectivity index (χ2n) is 3.92. The number of carbonyl (C=O) groups excluding carboxylic acids is 1. The number of nitrogens with one attached hydrogen (secondary N) is 1. The summed E-state index contributed by atoms with van der Waals surface area (Å²) >= 11 is 0.818. The van der Waals surface area contributed by atoms with Crippen LogP contribution in [0, 0.1) is 10.1 Å². The molecular formula is C10H14N2O4S. The highest BCUT2D eigenvalue weighted by molar-refractivity contribution is 7.17. The van der Waals surface area contributed by atoms with E-state index in [1.54, 1.807) is 6.92 Å². The van der Waals surface area contributed by atoms with Gasteiger partial charge in [0.2, 0.25) is 0 Å². The molecule has 1 aromatic heterocycles. The van der Waals surface area contributed by atoms with Crippen molar-refractivity contribution in [1.82, 2.24) is 5.32 Å². The van der Waals surface area contributed by atoms with Crippen LogP contribution in [0.25, 0.3) is 0 Å². The maximum absolute atomic E-state index is 11.8. The molecule has 7 heteroatoms. The number of thiophene rings is 1. The van der Waals surface area contributed by atoms with Crippen LogP contribution < -0.4 is 5.32 Å². The van der Waals surface area contributed by atoms with Crippen molar-refractivity contribution in [1.29, 1.82) is 0 Å². The number of amides is 1. The van der Waals surface area contributed by atoms with Crippen LogP contribution in [0.5, 0.6) is 0 Å². The van der Waals surface area contributed by atoms with E-state index in [0.29, 0.717) is 6.42 Å². The van der Waals surface area contributed by atoms with Gasteiger partial charge >= 0.3 is 5.00 Å². The molecule has 2 N–H and O–H groups in total. The van der Waals surface area contributed by atoms with Gasteiger partial charge in [0, 0.05) is 6.07 Å². The molecule has 17 heavy (non-hydrogen) atoms. The molecule has 94 valence electrons. The molecule has 0 fully saturated rings. The largest absolute Gasteiger partial charge is 0.394 e. The molecule has 1 heterocycles. The Bertz CT molecular complexity index is 426. The number of carbonyl (C=O) groups is 1. The lowest BCUT2D eigenvalue weighted by Gasteiger charge is -2.26. The van der Waals surface area contributed by atoms with E-state index in [1.165, 1.54) is 12.1 Å². The highest BCUT2D eigenvalue weighted by Gasteiger charge is 2.25. The summed E-state index contributed by atoms with van der Waals surface area (Å²) in [5.74, 6) is -0.401. The molecule has 1 atom stereocenters. The van der Waals surface area contributed by atoms with Crippen molar-refractivity contribution in [2.45, 2.75) is 25.8 Å². The van der Waals surface area contributed by atoms with E-state index in [2.05, 4.69) is 5.32 Å². The standard InChI is InChI=1S/C10H14N2O4S/c1-3-10(2,6-13)11-9(14)7-4-5-8(17-7)12(15)16/h4-5,13H,3,6H2,1-2H3,(H,11,14). The number of hydrogen-bond acceptors (Lipinski definition) is 5. The maximum atomic E-state index is 11.8. The Morgan fingerprint density at radius 2 is 2.29 bits per heavy atom. The van der Waals surface area contributed by atoms with Crippen molar-refractivity contribution in [2.75, 3.05) is 6.61 Å². The first-order valence-electron chi connectivity index (χ1n) is 5.09. The molecule has 1 aromatic rings. The highest BCUT2D eigenvalue weighted by atomic mass is 32.1. The van der Waals surface area contributed by atoms with Crippen LogP contribution in [0.2, 0.25) is 0 Å². The number of rotatable bonds is 5. The molecule has 0 aliphatic carbocycles. The molecule has 0 aliphatic heterocycles. The van der Waals surface area contributed by atoms with Gasteiger partial charge in [0.25, 0.3) is 5.91 Å². The fourth-order valence-corrected chi connectivity index (χ4v) is 1.84. The lowest BCUT2D eigenvalue weighted by molar-refractivity contribution is -0.380. The first-order valence-corrected chi connectivity index (χ1v) is 5.91. The molecule has 0 aliphatic rings. The topological polar surface area (TPSA) is 92.5 Å². The molecule has 0 spiro atoms. The summed E-state index contributed by atoms with van der Waals surface area (Å²) < 4.78 is 0. The molecule has 6 nitrogen and oxygen atoms in total. The molecule has 1 rings (SSSR count). The third kappa shape index (κ3) is 3.24. The minimum Gasteiger partial charge on any atom is -0.394 e. The number of aliphatic hydroxyl groups is 1. The van der Waals surface area contributed by atoms with Crippen molar-refractivity contribution >= 4 is 22.2 Å². The normalized spacial score (nSPS) is 14.1. The second-order valence-corrected chi connectivity index (χ2v) is 4.98. The number of aliphatic hydroxyl groups excluding tert-OH is 1. The Hall–Kier alpha value is -1.47. The fraction of sp³-hybridized carbons (Fsp3) is 0.500. The molecule has 0 radical (unpaired) electrons. The summed E-state index contributed by atoms with van der Waals surface area (Å²) in [7, 11) is 0. The summed E-state index contributed by atoms with van der Waals surface area (Å²) in [6.45, 7) is 3.38. The first-order chi connectivity index (χ1) is 7.91. The van der Waals surface area contributed by atoms with Crippen molar-refractivity contribution in [2.24, 2.45) is 0 Å². The molecule has 0 saturated carbocycles. The lowest BCUT2D eigenvalue weighted by atomic mass is 10.0.